The molecule has 1 N–H and O–H groups in total. The van der Waals surface area contributed by atoms with Crippen molar-refractivity contribution in [2.45, 2.75) is 13.5 Å². The van der Waals surface area contributed by atoms with E-state index in [-0.39, 0.29) is 19.1 Å². The molecule has 33 heavy (non-hydrogen) atoms. The number of rotatable bonds is 9. The van der Waals surface area contributed by atoms with Crippen LogP contribution < -0.4 is 15.0 Å². The molecule has 0 saturated heterocycles. The minimum Gasteiger partial charge on any atom is -0.482 e. The maximum atomic E-state index is 12.6. The average Bonchev–Trinajstić information content (AvgIpc) is 3.35. The molecular weight excluding hydrogens is 448 g/mol. The number of likely N-dealkylation sites (N-methyl/N-ethyl adjacent to an activating group) is 1. The van der Waals surface area contributed by atoms with Crippen molar-refractivity contribution in [3.8, 4) is 5.75 Å². The minimum absolute atomic E-state index is 0.211. The van der Waals surface area contributed by atoms with Crippen LogP contribution in [0.15, 0.2) is 65.3 Å². The number of hydrogen-bond acceptors (Lipinski definition) is 6. The summed E-state index contributed by atoms with van der Waals surface area (Å²) in [5.74, 6) is -0.504. The highest BCUT2D eigenvalue weighted by atomic mass is 35.5. The van der Waals surface area contributed by atoms with Gasteiger partial charge in [0.15, 0.2) is 13.2 Å². The van der Waals surface area contributed by atoms with Crippen LogP contribution in [0.5, 0.6) is 5.75 Å². The third-order valence-electron chi connectivity index (χ3n) is 4.73. The smallest absolute Gasteiger partial charge is 0.344 e. The summed E-state index contributed by atoms with van der Waals surface area (Å²) in [7, 11) is 1.50. The summed E-state index contributed by atoms with van der Waals surface area (Å²) >= 11 is 5.96. The Morgan fingerprint density at radius 1 is 1.06 bits per heavy atom. The Kier molecular flexibility index (Phi) is 8.10. The highest BCUT2D eigenvalue weighted by Gasteiger charge is 2.20. The number of hydrogen-bond donors (Lipinski definition) is 1. The van der Waals surface area contributed by atoms with Crippen molar-refractivity contribution in [2.24, 2.45) is 0 Å². The fraction of sp³-hybridized carbons (Fsp3) is 0.208. The predicted octanol–water partition coefficient (Wildman–Crippen LogP) is 3.76. The zero-order valence-electron chi connectivity index (χ0n) is 18.2. The number of benzene rings is 2. The number of nitrogens with zero attached hydrogens (tertiary/aromatic N) is 1. The second-order valence-corrected chi connectivity index (χ2v) is 7.50. The van der Waals surface area contributed by atoms with E-state index in [1.54, 1.807) is 54.6 Å². The van der Waals surface area contributed by atoms with E-state index >= 15 is 0 Å². The van der Waals surface area contributed by atoms with E-state index in [1.165, 1.54) is 18.2 Å². The topological polar surface area (TPSA) is 98.1 Å². The Labute approximate surface area is 196 Å². The largest absolute Gasteiger partial charge is 0.482 e. The lowest BCUT2D eigenvalue weighted by atomic mass is 10.1. The van der Waals surface area contributed by atoms with Crippen molar-refractivity contribution in [1.29, 1.82) is 0 Å². The molecule has 2 aromatic carbocycles. The van der Waals surface area contributed by atoms with Gasteiger partial charge in [-0.05, 0) is 55.0 Å². The molecule has 9 heteroatoms. The Bertz CT molecular complexity index is 1130. The van der Waals surface area contributed by atoms with Crippen molar-refractivity contribution < 1.29 is 28.3 Å². The molecule has 1 aromatic heterocycles. The van der Waals surface area contributed by atoms with Gasteiger partial charge in [0.1, 0.15) is 11.5 Å². The van der Waals surface area contributed by atoms with Gasteiger partial charge in [-0.3, -0.25) is 9.59 Å². The fourth-order valence-corrected chi connectivity index (χ4v) is 3.02. The molecular formula is C24H23ClN2O6. The van der Waals surface area contributed by atoms with E-state index in [0.29, 0.717) is 27.8 Å². The number of nitrogens with one attached hydrogen (secondary N) is 1. The van der Waals surface area contributed by atoms with E-state index in [0.717, 1.165) is 5.56 Å². The third kappa shape index (κ3) is 6.60. The summed E-state index contributed by atoms with van der Waals surface area (Å²) in [6.07, 6.45) is 1.52. The first kappa shape index (κ1) is 23.9. The van der Waals surface area contributed by atoms with E-state index in [2.05, 4.69) is 5.32 Å². The molecule has 172 valence electrons. The van der Waals surface area contributed by atoms with Crippen LogP contribution in [0, 0.1) is 6.92 Å². The lowest BCUT2D eigenvalue weighted by molar-refractivity contribution is -0.149. The number of ether oxygens (including phenoxy) is 2. The molecule has 3 aromatic rings. The monoisotopic (exact) mass is 470 g/mol. The fourth-order valence-electron chi connectivity index (χ4n) is 2.90. The quantitative estimate of drug-likeness (QED) is 0.478. The van der Waals surface area contributed by atoms with E-state index < -0.39 is 18.5 Å². The minimum atomic E-state index is -0.700. The Hall–Kier alpha value is -3.78. The summed E-state index contributed by atoms with van der Waals surface area (Å²) in [4.78, 5) is 38.4. The van der Waals surface area contributed by atoms with Crippen molar-refractivity contribution in [3.63, 3.8) is 0 Å². The number of carbonyl (C=O) groups excluding carboxylic acids is 3. The first-order valence-corrected chi connectivity index (χ1v) is 10.4. The first-order chi connectivity index (χ1) is 15.8. The van der Waals surface area contributed by atoms with Gasteiger partial charge < -0.3 is 24.1 Å². The van der Waals surface area contributed by atoms with Crippen LogP contribution in [-0.2, 0) is 20.9 Å². The zero-order chi connectivity index (χ0) is 23.8. The standard InChI is InChI=1S/C24H23ClN2O6/c1-16-12-17(9-10-20(16)25)32-15-23(29)33-14-22(28)27(2)21-8-4-3-7-19(21)24(30)26-13-18-6-5-11-31-18/h3-12H,13-15H2,1-2H3,(H,26,30). The molecule has 8 nitrogen and oxygen atoms in total. The van der Waals surface area contributed by atoms with Gasteiger partial charge in [0, 0.05) is 12.1 Å². The maximum Gasteiger partial charge on any atom is 0.344 e. The summed E-state index contributed by atoms with van der Waals surface area (Å²) < 4.78 is 15.6. The normalized spacial score (nSPS) is 10.4. The number of halogens is 1. The molecule has 0 saturated carbocycles. The Balaban J connectivity index is 1.53. The van der Waals surface area contributed by atoms with E-state index in [9.17, 15) is 14.4 Å². The van der Waals surface area contributed by atoms with Crippen LogP contribution in [0.25, 0.3) is 0 Å². The van der Waals surface area contributed by atoms with Gasteiger partial charge in [-0.1, -0.05) is 23.7 Å². The Morgan fingerprint density at radius 3 is 2.58 bits per heavy atom. The number of para-hydroxylation sites is 1. The van der Waals surface area contributed by atoms with Crippen molar-refractivity contribution >= 4 is 35.1 Å². The maximum absolute atomic E-state index is 12.6. The van der Waals surface area contributed by atoms with Gasteiger partial charge in [-0.25, -0.2) is 4.79 Å². The number of anilines is 1. The van der Waals surface area contributed by atoms with Gasteiger partial charge in [0.05, 0.1) is 24.1 Å². The second kappa shape index (κ2) is 11.2. The lowest BCUT2D eigenvalue weighted by Gasteiger charge is -2.20. The molecule has 0 radical (unpaired) electrons. The van der Waals surface area contributed by atoms with Gasteiger partial charge in [0.2, 0.25) is 0 Å². The third-order valence-corrected chi connectivity index (χ3v) is 5.15. The van der Waals surface area contributed by atoms with Crippen LogP contribution in [0.1, 0.15) is 21.7 Å². The molecule has 0 spiro atoms. The molecule has 2 amide bonds. The number of esters is 1. The molecule has 3 rings (SSSR count). The SMILES string of the molecule is Cc1cc(OCC(=O)OCC(=O)N(C)c2ccccc2C(=O)NCc2ccco2)ccc1Cl. The summed E-state index contributed by atoms with van der Waals surface area (Å²) in [6.45, 7) is 1.17. The molecule has 0 atom stereocenters. The predicted molar refractivity (Wildman–Crippen MR) is 122 cm³/mol. The van der Waals surface area contributed by atoms with Crippen LogP contribution in [0.3, 0.4) is 0 Å². The number of amides is 2. The lowest BCUT2D eigenvalue weighted by Crippen LogP contribution is -2.34. The highest BCUT2D eigenvalue weighted by Crippen LogP contribution is 2.21. The summed E-state index contributed by atoms with van der Waals surface area (Å²) in [6, 6.07) is 15.1. The summed E-state index contributed by atoms with van der Waals surface area (Å²) in [5, 5.41) is 3.34. The number of carbonyl (C=O) groups is 3. The highest BCUT2D eigenvalue weighted by molar-refractivity contribution is 6.31. The molecule has 0 bridgehead atoms. The molecule has 1 heterocycles. The molecule has 0 aliphatic carbocycles. The number of aryl methyl sites for hydroxylation is 1. The Morgan fingerprint density at radius 2 is 1.85 bits per heavy atom. The van der Waals surface area contributed by atoms with E-state index in [1.807, 2.05) is 6.92 Å². The average molecular weight is 471 g/mol. The first-order valence-electron chi connectivity index (χ1n) is 10.1. The van der Waals surface area contributed by atoms with Crippen molar-refractivity contribution in [2.75, 3.05) is 25.2 Å². The molecule has 0 aliphatic rings. The summed E-state index contributed by atoms with van der Waals surface area (Å²) in [5.41, 5.74) is 1.49. The van der Waals surface area contributed by atoms with Crippen LogP contribution in [0.2, 0.25) is 5.02 Å². The van der Waals surface area contributed by atoms with Gasteiger partial charge in [0.25, 0.3) is 11.8 Å². The van der Waals surface area contributed by atoms with Crippen molar-refractivity contribution in [1.82, 2.24) is 5.32 Å². The van der Waals surface area contributed by atoms with E-state index in [4.69, 9.17) is 25.5 Å². The zero-order valence-corrected chi connectivity index (χ0v) is 18.9. The van der Waals surface area contributed by atoms with Crippen LogP contribution >= 0.6 is 11.6 Å². The second-order valence-electron chi connectivity index (χ2n) is 7.09. The molecule has 0 fully saturated rings. The van der Waals surface area contributed by atoms with Crippen LogP contribution in [0.4, 0.5) is 5.69 Å². The number of furan rings is 1. The van der Waals surface area contributed by atoms with Gasteiger partial charge in [-0.15, -0.1) is 0 Å². The molecule has 0 aliphatic heterocycles. The van der Waals surface area contributed by atoms with Crippen molar-refractivity contribution in [3.05, 3.63) is 82.8 Å². The van der Waals surface area contributed by atoms with Crippen LogP contribution in [-0.4, -0.2) is 38.0 Å². The van der Waals surface area contributed by atoms with Gasteiger partial charge in [-0.2, -0.15) is 0 Å². The molecule has 0 unspecified atom stereocenters. The van der Waals surface area contributed by atoms with Gasteiger partial charge >= 0.3 is 5.97 Å².